The zero-order valence-corrected chi connectivity index (χ0v) is 19.4. The predicted molar refractivity (Wildman–Crippen MR) is 132 cm³/mol. The Balaban J connectivity index is 1.21. The lowest BCUT2D eigenvalue weighted by Crippen LogP contribution is -2.46. The molecular weight excluding hydrogens is 398 g/mol. The Kier molecular flexibility index (Phi) is 8.15. The molecule has 0 aliphatic carbocycles. The summed E-state index contributed by atoms with van der Waals surface area (Å²) >= 11 is 0. The van der Waals surface area contributed by atoms with Crippen LogP contribution in [0.15, 0.2) is 54.6 Å². The molecule has 0 bridgehead atoms. The number of amides is 1. The monoisotopic (exact) mass is 435 g/mol. The molecule has 32 heavy (non-hydrogen) atoms. The van der Waals surface area contributed by atoms with Crippen molar-refractivity contribution in [3.8, 4) is 0 Å². The molecule has 2 aromatic carbocycles. The second-order valence-corrected chi connectivity index (χ2v) is 8.91. The van der Waals surface area contributed by atoms with Gasteiger partial charge in [0.05, 0.1) is 6.54 Å². The van der Waals surface area contributed by atoms with E-state index in [-0.39, 0.29) is 5.91 Å². The van der Waals surface area contributed by atoms with E-state index >= 15 is 0 Å². The second kappa shape index (κ2) is 11.5. The number of likely N-dealkylation sites (N-methyl/N-ethyl adjacent to an activating group) is 1. The first-order valence-corrected chi connectivity index (χ1v) is 12.1. The van der Waals surface area contributed by atoms with E-state index < -0.39 is 0 Å². The Morgan fingerprint density at radius 1 is 0.781 bits per heavy atom. The number of carbonyl (C=O) groups is 1. The topological polar surface area (TPSA) is 42.1 Å². The fourth-order valence-corrected chi connectivity index (χ4v) is 4.66. The Bertz CT molecular complexity index is 833. The van der Waals surface area contributed by atoms with E-state index in [0.717, 1.165) is 77.6 Å². The van der Waals surface area contributed by atoms with Crippen molar-refractivity contribution in [2.75, 3.05) is 75.7 Å². The standard InChI is InChI=1S/C26H37N5O/c1-2-28-17-19-31(20-18-28)25-11-9-24(10-12-25)27-26(32)22-30-14-6-13-29(15-16-30)21-23-7-4-3-5-8-23/h3-5,7-12H,2,6,13-22H2,1H3,(H,27,32). The molecule has 1 amide bonds. The molecule has 2 saturated heterocycles. The zero-order chi connectivity index (χ0) is 22.2. The lowest BCUT2D eigenvalue weighted by atomic mass is 10.2. The van der Waals surface area contributed by atoms with Crippen molar-refractivity contribution in [2.24, 2.45) is 0 Å². The van der Waals surface area contributed by atoms with E-state index in [1.54, 1.807) is 0 Å². The van der Waals surface area contributed by atoms with E-state index in [9.17, 15) is 4.79 Å². The number of nitrogens with zero attached hydrogens (tertiary/aromatic N) is 4. The molecule has 6 heteroatoms. The fraction of sp³-hybridized carbons (Fsp3) is 0.500. The summed E-state index contributed by atoms with van der Waals surface area (Å²) in [4.78, 5) is 22.3. The number of hydrogen-bond donors (Lipinski definition) is 1. The van der Waals surface area contributed by atoms with Crippen LogP contribution in [-0.4, -0.2) is 86.1 Å². The molecule has 2 aliphatic rings. The van der Waals surface area contributed by atoms with Crippen molar-refractivity contribution >= 4 is 17.3 Å². The largest absolute Gasteiger partial charge is 0.369 e. The molecule has 172 valence electrons. The van der Waals surface area contributed by atoms with Gasteiger partial charge in [-0.3, -0.25) is 14.6 Å². The SMILES string of the molecule is CCN1CCN(c2ccc(NC(=O)CN3CCCN(Cc4ccccc4)CC3)cc2)CC1. The third-order valence-corrected chi connectivity index (χ3v) is 6.63. The maximum Gasteiger partial charge on any atom is 0.238 e. The van der Waals surface area contributed by atoms with Crippen LogP contribution < -0.4 is 10.2 Å². The van der Waals surface area contributed by atoms with Gasteiger partial charge in [-0.1, -0.05) is 37.3 Å². The Hall–Kier alpha value is -2.41. The zero-order valence-electron chi connectivity index (χ0n) is 19.4. The summed E-state index contributed by atoms with van der Waals surface area (Å²) in [6.45, 7) is 13.2. The molecule has 2 fully saturated rings. The van der Waals surface area contributed by atoms with Gasteiger partial charge in [-0.05, 0) is 55.9 Å². The first-order chi connectivity index (χ1) is 15.7. The number of benzene rings is 2. The number of carbonyl (C=O) groups excluding carboxylic acids is 1. The molecule has 0 atom stereocenters. The first-order valence-electron chi connectivity index (χ1n) is 12.1. The Morgan fingerprint density at radius 3 is 2.16 bits per heavy atom. The summed E-state index contributed by atoms with van der Waals surface area (Å²) in [5, 5.41) is 3.09. The lowest BCUT2D eigenvalue weighted by Gasteiger charge is -2.35. The smallest absolute Gasteiger partial charge is 0.238 e. The fourth-order valence-electron chi connectivity index (χ4n) is 4.66. The molecular formula is C26H37N5O. The van der Waals surface area contributed by atoms with Gasteiger partial charge < -0.3 is 15.1 Å². The van der Waals surface area contributed by atoms with Gasteiger partial charge in [-0.2, -0.15) is 0 Å². The third-order valence-electron chi connectivity index (χ3n) is 6.63. The minimum atomic E-state index is 0.0748. The van der Waals surface area contributed by atoms with Crippen LogP contribution in [-0.2, 0) is 11.3 Å². The van der Waals surface area contributed by atoms with Gasteiger partial charge in [0.25, 0.3) is 0 Å². The molecule has 0 spiro atoms. The van der Waals surface area contributed by atoms with Gasteiger partial charge in [0.1, 0.15) is 0 Å². The van der Waals surface area contributed by atoms with Crippen molar-refractivity contribution in [3.63, 3.8) is 0 Å². The molecule has 2 aliphatic heterocycles. The summed E-state index contributed by atoms with van der Waals surface area (Å²) in [5.41, 5.74) is 3.48. The van der Waals surface area contributed by atoms with Crippen molar-refractivity contribution in [1.82, 2.24) is 14.7 Å². The van der Waals surface area contributed by atoms with Crippen molar-refractivity contribution in [1.29, 1.82) is 0 Å². The molecule has 0 unspecified atom stereocenters. The lowest BCUT2D eigenvalue weighted by molar-refractivity contribution is -0.117. The first kappa shape index (κ1) is 22.8. The van der Waals surface area contributed by atoms with E-state index in [4.69, 9.17) is 0 Å². The van der Waals surface area contributed by atoms with Crippen LogP contribution in [0.25, 0.3) is 0 Å². The highest BCUT2D eigenvalue weighted by atomic mass is 16.2. The van der Waals surface area contributed by atoms with Gasteiger partial charge in [0, 0.05) is 57.2 Å². The van der Waals surface area contributed by atoms with Gasteiger partial charge in [0.15, 0.2) is 0 Å². The third kappa shape index (κ3) is 6.55. The van der Waals surface area contributed by atoms with Gasteiger partial charge in [-0.25, -0.2) is 0 Å². The van der Waals surface area contributed by atoms with Crippen molar-refractivity contribution < 1.29 is 4.79 Å². The molecule has 0 aromatic heterocycles. The second-order valence-electron chi connectivity index (χ2n) is 8.91. The molecule has 1 N–H and O–H groups in total. The highest BCUT2D eigenvalue weighted by Gasteiger charge is 2.18. The van der Waals surface area contributed by atoms with E-state index in [1.165, 1.54) is 11.3 Å². The van der Waals surface area contributed by atoms with Crippen LogP contribution in [0, 0.1) is 0 Å². The van der Waals surface area contributed by atoms with Crippen LogP contribution in [0.4, 0.5) is 11.4 Å². The molecule has 2 heterocycles. The number of anilines is 2. The van der Waals surface area contributed by atoms with Crippen molar-refractivity contribution in [3.05, 3.63) is 60.2 Å². The Labute approximate surface area is 192 Å². The number of nitrogens with one attached hydrogen (secondary N) is 1. The van der Waals surface area contributed by atoms with Gasteiger partial charge in [0.2, 0.25) is 5.91 Å². The Morgan fingerprint density at radius 2 is 1.44 bits per heavy atom. The summed E-state index contributed by atoms with van der Waals surface area (Å²) in [6, 6.07) is 19.0. The highest BCUT2D eigenvalue weighted by Crippen LogP contribution is 2.19. The molecule has 2 aromatic rings. The number of rotatable bonds is 7. The van der Waals surface area contributed by atoms with Crippen LogP contribution >= 0.6 is 0 Å². The maximum absolute atomic E-state index is 12.6. The molecule has 4 rings (SSSR count). The van der Waals surface area contributed by atoms with E-state index in [1.807, 2.05) is 12.1 Å². The van der Waals surface area contributed by atoms with Crippen LogP contribution in [0.5, 0.6) is 0 Å². The summed E-state index contributed by atoms with van der Waals surface area (Å²) in [5.74, 6) is 0.0748. The van der Waals surface area contributed by atoms with Gasteiger partial charge >= 0.3 is 0 Å². The number of piperazine rings is 1. The quantitative estimate of drug-likeness (QED) is 0.724. The normalized spacial score (nSPS) is 19.0. The minimum Gasteiger partial charge on any atom is -0.369 e. The van der Waals surface area contributed by atoms with Gasteiger partial charge in [-0.15, -0.1) is 0 Å². The highest BCUT2D eigenvalue weighted by molar-refractivity contribution is 5.92. The molecule has 0 saturated carbocycles. The average Bonchev–Trinajstić information content (AvgIpc) is 3.05. The molecule has 6 nitrogen and oxygen atoms in total. The van der Waals surface area contributed by atoms with Crippen molar-refractivity contribution in [2.45, 2.75) is 19.9 Å². The minimum absolute atomic E-state index is 0.0748. The summed E-state index contributed by atoms with van der Waals surface area (Å²) in [7, 11) is 0. The van der Waals surface area contributed by atoms with E-state index in [2.05, 4.69) is 74.3 Å². The molecule has 0 radical (unpaired) electrons. The predicted octanol–water partition coefficient (Wildman–Crippen LogP) is 2.97. The van der Waals surface area contributed by atoms with E-state index in [0.29, 0.717) is 6.54 Å². The van der Waals surface area contributed by atoms with Crippen LogP contribution in [0.3, 0.4) is 0 Å². The number of hydrogen-bond acceptors (Lipinski definition) is 5. The van der Waals surface area contributed by atoms with Crippen LogP contribution in [0.1, 0.15) is 18.9 Å². The average molecular weight is 436 g/mol. The van der Waals surface area contributed by atoms with Crippen LogP contribution in [0.2, 0.25) is 0 Å². The summed E-state index contributed by atoms with van der Waals surface area (Å²) in [6.07, 6.45) is 1.10. The maximum atomic E-state index is 12.6. The summed E-state index contributed by atoms with van der Waals surface area (Å²) < 4.78 is 0.